The molecule has 4 rings (SSSR count). The summed E-state index contributed by atoms with van der Waals surface area (Å²) in [5, 5.41) is 0.887. The van der Waals surface area contributed by atoms with Gasteiger partial charge in [-0.2, -0.15) is 0 Å². The van der Waals surface area contributed by atoms with Gasteiger partial charge >= 0.3 is 0 Å². The summed E-state index contributed by atoms with van der Waals surface area (Å²) in [6, 6.07) is 15.9. The topological polar surface area (TPSA) is 49.0 Å². The van der Waals surface area contributed by atoms with Gasteiger partial charge in [0.25, 0.3) is 5.91 Å². The van der Waals surface area contributed by atoms with Gasteiger partial charge in [-0.25, -0.2) is 4.98 Å². The van der Waals surface area contributed by atoms with Gasteiger partial charge < -0.3 is 9.88 Å². The molecule has 0 spiro atoms. The van der Waals surface area contributed by atoms with Crippen LogP contribution in [-0.2, 0) is 5.75 Å². The molecule has 3 aromatic rings. The molecule has 1 unspecified atom stereocenters. The maximum Gasteiger partial charge on any atom is 0.254 e. The number of rotatable bonds is 4. The Morgan fingerprint density at radius 3 is 2.84 bits per heavy atom. The van der Waals surface area contributed by atoms with E-state index in [-0.39, 0.29) is 5.91 Å². The SMILES string of the molecule is CC1CCN(C(=O)c2ccccc2CSc2nc3ccccc3[nH]2)C1. The largest absolute Gasteiger partial charge is 0.338 e. The number of aromatic nitrogens is 2. The Kier molecular flexibility index (Phi) is 4.49. The van der Waals surface area contributed by atoms with Crippen LogP contribution in [0.1, 0.15) is 29.3 Å². The van der Waals surface area contributed by atoms with Crippen LogP contribution in [0.4, 0.5) is 0 Å². The fourth-order valence-electron chi connectivity index (χ4n) is 3.29. The maximum absolute atomic E-state index is 12.9. The van der Waals surface area contributed by atoms with Crippen molar-refractivity contribution >= 4 is 28.7 Å². The number of imidazole rings is 1. The van der Waals surface area contributed by atoms with Gasteiger partial charge in [0.05, 0.1) is 11.0 Å². The molecular formula is C20H21N3OS. The number of para-hydroxylation sites is 2. The van der Waals surface area contributed by atoms with Gasteiger partial charge in [-0.1, -0.05) is 49.0 Å². The number of carbonyl (C=O) groups excluding carboxylic acids is 1. The van der Waals surface area contributed by atoms with Gasteiger partial charge in [0, 0.05) is 24.4 Å². The van der Waals surface area contributed by atoms with E-state index in [0.29, 0.717) is 5.92 Å². The minimum Gasteiger partial charge on any atom is -0.338 e. The molecule has 1 atom stereocenters. The normalized spacial score (nSPS) is 17.3. The number of nitrogens with zero attached hydrogens (tertiary/aromatic N) is 2. The highest BCUT2D eigenvalue weighted by molar-refractivity contribution is 7.98. The summed E-state index contributed by atoms with van der Waals surface area (Å²) >= 11 is 1.64. The third kappa shape index (κ3) is 3.42. The molecule has 0 aliphatic carbocycles. The molecule has 1 aliphatic rings. The van der Waals surface area contributed by atoms with Crippen molar-refractivity contribution in [2.24, 2.45) is 5.92 Å². The van der Waals surface area contributed by atoms with E-state index in [0.717, 1.165) is 52.6 Å². The second-order valence-corrected chi connectivity index (χ2v) is 7.61. The molecule has 1 N–H and O–H groups in total. The summed E-state index contributed by atoms with van der Waals surface area (Å²) < 4.78 is 0. The Labute approximate surface area is 151 Å². The summed E-state index contributed by atoms with van der Waals surface area (Å²) in [7, 11) is 0. The van der Waals surface area contributed by atoms with Gasteiger partial charge in [-0.05, 0) is 36.1 Å². The van der Waals surface area contributed by atoms with Crippen molar-refractivity contribution in [3.05, 3.63) is 59.7 Å². The minimum absolute atomic E-state index is 0.158. The summed E-state index contributed by atoms with van der Waals surface area (Å²) in [5.41, 5.74) is 3.90. The number of carbonyl (C=O) groups is 1. The highest BCUT2D eigenvalue weighted by Crippen LogP contribution is 2.26. The molecule has 25 heavy (non-hydrogen) atoms. The van der Waals surface area contributed by atoms with Crippen LogP contribution in [0.3, 0.4) is 0 Å². The van der Waals surface area contributed by atoms with Crippen molar-refractivity contribution in [1.29, 1.82) is 0 Å². The highest BCUT2D eigenvalue weighted by atomic mass is 32.2. The number of thioether (sulfide) groups is 1. The first-order valence-corrected chi connectivity index (χ1v) is 9.64. The Balaban J connectivity index is 1.51. The monoisotopic (exact) mass is 351 g/mol. The molecule has 4 nitrogen and oxygen atoms in total. The molecule has 0 saturated carbocycles. The van der Waals surface area contributed by atoms with Gasteiger partial charge in [0.2, 0.25) is 0 Å². The number of likely N-dealkylation sites (tertiary alicyclic amines) is 1. The molecule has 2 aromatic carbocycles. The number of fused-ring (bicyclic) bond motifs is 1. The van der Waals surface area contributed by atoms with Crippen LogP contribution >= 0.6 is 11.8 Å². The molecular weight excluding hydrogens is 330 g/mol. The Morgan fingerprint density at radius 1 is 1.24 bits per heavy atom. The molecule has 1 saturated heterocycles. The number of amides is 1. The molecule has 1 aromatic heterocycles. The predicted molar refractivity (Wildman–Crippen MR) is 102 cm³/mol. The molecule has 5 heteroatoms. The van der Waals surface area contributed by atoms with Gasteiger partial charge in [-0.15, -0.1) is 0 Å². The standard InChI is InChI=1S/C20H21N3OS/c1-14-10-11-23(12-14)19(24)16-7-3-2-6-15(16)13-25-20-21-17-8-4-5-9-18(17)22-20/h2-9,14H,10-13H2,1H3,(H,21,22). The average Bonchev–Trinajstić information content (AvgIpc) is 3.25. The van der Waals surface area contributed by atoms with E-state index in [1.54, 1.807) is 11.8 Å². The van der Waals surface area contributed by atoms with Crippen molar-refractivity contribution < 1.29 is 4.79 Å². The Morgan fingerprint density at radius 2 is 2.04 bits per heavy atom. The lowest BCUT2D eigenvalue weighted by atomic mass is 10.1. The Hall–Kier alpha value is -2.27. The highest BCUT2D eigenvalue weighted by Gasteiger charge is 2.25. The molecule has 0 bridgehead atoms. The van der Waals surface area contributed by atoms with Gasteiger partial charge in [0.15, 0.2) is 5.16 Å². The second kappa shape index (κ2) is 6.92. The van der Waals surface area contributed by atoms with E-state index in [1.807, 2.05) is 53.4 Å². The van der Waals surface area contributed by atoms with Crippen LogP contribution in [-0.4, -0.2) is 33.9 Å². The Bertz CT molecular complexity index is 872. The lowest BCUT2D eigenvalue weighted by molar-refractivity contribution is 0.0787. The molecule has 1 amide bonds. The van der Waals surface area contributed by atoms with Crippen molar-refractivity contribution in [3.8, 4) is 0 Å². The smallest absolute Gasteiger partial charge is 0.254 e. The number of aromatic amines is 1. The summed E-state index contributed by atoms with van der Waals surface area (Å²) in [6.07, 6.45) is 1.10. The zero-order valence-corrected chi connectivity index (χ0v) is 15.1. The van der Waals surface area contributed by atoms with Crippen LogP contribution in [0.15, 0.2) is 53.7 Å². The van der Waals surface area contributed by atoms with Crippen LogP contribution < -0.4 is 0 Å². The average molecular weight is 351 g/mol. The second-order valence-electron chi connectivity index (χ2n) is 6.65. The summed E-state index contributed by atoms with van der Waals surface area (Å²) in [5.74, 6) is 1.48. The molecule has 2 heterocycles. The third-order valence-electron chi connectivity index (χ3n) is 4.69. The molecule has 128 valence electrons. The third-order valence-corrected chi connectivity index (χ3v) is 5.61. The quantitative estimate of drug-likeness (QED) is 0.712. The number of H-pyrrole nitrogens is 1. The first-order chi connectivity index (χ1) is 12.2. The van der Waals surface area contributed by atoms with Crippen molar-refractivity contribution in [2.45, 2.75) is 24.3 Å². The molecule has 1 fully saturated rings. The van der Waals surface area contributed by atoms with Crippen LogP contribution in [0.2, 0.25) is 0 Å². The van der Waals surface area contributed by atoms with Crippen molar-refractivity contribution in [2.75, 3.05) is 13.1 Å². The van der Waals surface area contributed by atoms with Crippen LogP contribution in [0.5, 0.6) is 0 Å². The number of benzene rings is 2. The maximum atomic E-state index is 12.9. The number of hydrogen-bond donors (Lipinski definition) is 1. The van der Waals surface area contributed by atoms with Gasteiger partial charge in [0.1, 0.15) is 0 Å². The summed E-state index contributed by atoms with van der Waals surface area (Å²) in [4.78, 5) is 22.8. The number of hydrogen-bond acceptors (Lipinski definition) is 3. The fraction of sp³-hybridized carbons (Fsp3) is 0.300. The zero-order chi connectivity index (χ0) is 17.2. The minimum atomic E-state index is 0.158. The van der Waals surface area contributed by atoms with E-state index in [1.165, 1.54) is 0 Å². The van der Waals surface area contributed by atoms with E-state index in [4.69, 9.17) is 0 Å². The van der Waals surface area contributed by atoms with Gasteiger partial charge in [-0.3, -0.25) is 4.79 Å². The fourth-order valence-corrected chi connectivity index (χ4v) is 4.18. The van der Waals surface area contributed by atoms with E-state index in [9.17, 15) is 4.79 Å². The van der Waals surface area contributed by atoms with E-state index < -0.39 is 0 Å². The zero-order valence-electron chi connectivity index (χ0n) is 14.2. The lowest BCUT2D eigenvalue weighted by Gasteiger charge is -2.18. The molecule has 0 radical (unpaired) electrons. The van der Waals surface area contributed by atoms with Crippen molar-refractivity contribution in [1.82, 2.24) is 14.9 Å². The van der Waals surface area contributed by atoms with Crippen molar-refractivity contribution in [3.63, 3.8) is 0 Å². The molecule has 1 aliphatic heterocycles. The lowest BCUT2D eigenvalue weighted by Crippen LogP contribution is -2.29. The summed E-state index contributed by atoms with van der Waals surface area (Å²) in [6.45, 7) is 3.94. The predicted octanol–water partition coefficient (Wildman–Crippen LogP) is 4.34. The number of nitrogens with one attached hydrogen (secondary N) is 1. The first-order valence-electron chi connectivity index (χ1n) is 8.65. The van der Waals surface area contributed by atoms with Crippen LogP contribution in [0.25, 0.3) is 11.0 Å². The van der Waals surface area contributed by atoms with Crippen LogP contribution in [0, 0.1) is 5.92 Å². The first kappa shape index (κ1) is 16.2. The van der Waals surface area contributed by atoms with E-state index >= 15 is 0 Å². The van der Waals surface area contributed by atoms with E-state index in [2.05, 4.69) is 16.9 Å².